The van der Waals surface area contributed by atoms with Gasteiger partial charge in [-0.1, -0.05) is 39.0 Å². The summed E-state index contributed by atoms with van der Waals surface area (Å²) in [6.07, 6.45) is 0. The minimum absolute atomic E-state index is 0.0601. The van der Waals surface area contributed by atoms with E-state index in [9.17, 15) is 4.79 Å². The summed E-state index contributed by atoms with van der Waals surface area (Å²) in [6, 6.07) is 5.95. The van der Waals surface area contributed by atoms with Gasteiger partial charge in [-0.05, 0) is 18.0 Å². The first-order valence-electron chi connectivity index (χ1n) is 5.82. The number of nitrogens with one attached hydrogen (secondary N) is 2. The maximum absolute atomic E-state index is 11.8. The SMILES string of the molecule is CCNC1C(=O)Nc2c(C(C)C)cccc21. The molecule has 0 bridgehead atoms. The third kappa shape index (κ3) is 1.71. The van der Waals surface area contributed by atoms with Gasteiger partial charge in [-0.25, -0.2) is 0 Å². The fraction of sp³-hybridized carbons (Fsp3) is 0.462. The van der Waals surface area contributed by atoms with Crippen LogP contribution in [-0.4, -0.2) is 12.5 Å². The first kappa shape index (κ1) is 11.1. The molecule has 1 aliphatic heterocycles. The van der Waals surface area contributed by atoms with Crippen LogP contribution in [0, 0.1) is 0 Å². The molecule has 3 heteroatoms. The monoisotopic (exact) mass is 218 g/mol. The molecule has 1 heterocycles. The van der Waals surface area contributed by atoms with Crippen LogP contribution in [0.15, 0.2) is 18.2 Å². The Morgan fingerprint density at radius 3 is 2.81 bits per heavy atom. The zero-order valence-electron chi connectivity index (χ0n) is 10.0. The van der Waals surface area contributed by atoms with Crippen molar-refractivity contribution in [3.63, 3.8) is 0 Å². The van der Waals surface area contributed by atoms with Crippen molar-refractivity contribution < 1.29 is 4.79 Å². The maximum Gasteiger partial charge on any atom is 0.246 e. The van der Waals surface area contributed by atoms with Crippen molar-refractivity contribution in [3.8, 4) is 0 Å². The molecule has 3 nitrogen and oxygen atoms in total. The van der Waals surface area contributed by atoms with Crippen LogP contribution in [0.25, 0.3) is 0 Å². The average Bonchev–Trinajstić information content (AvgIpc) is 2.56. The summed E-state index contributed by atoms with van der Waals surface area (Å²) >= 11 is 0. The Hall–Kier alpha value is -1.35. The molecule has 0 aliphatic carbocycles. The van der Waals surface area contributed by atoms with Gasteiger partial charge >= 0.3 is 0 Å². The summed E-state index contributed by atoms with van der Waals surface area (Å²) in [5.74, 6) is 0.487. The molecule has 0 spiro atoms. The molecule has 0 aromatic heterocycles. The molecule has 1 amide bonds. The number of hydrogen-bond acceptors (Lipinski definition) is 2. The Kier molecular flexibility index (Phi) is 2.97. The Morgan fingerprint density at radius 1 is 1.44 bits per heavy atom. The number of para-hydroxylation sites is 1. The molecule has 1 atom stereocenters. The Morgan fingerprint density at radius 2 is 2.19 bits per heavy atom. The van der Waals surface area contributed by atoms with Gasteiger partial charge in [0.1, 0.15) is 6.04 Å². The predicted molar refractivity (Wildman–Crippen MR) is 65.6 cm³/mol. The van der Waals surface area contributed by atoms with Crippen molar-refractivity contribution in [2.24, 2.45) is 0 Å². The normalized spacial score (nSPS) is 18.8. The van der Waals surface area contributed by atoms with Crippen molar-refractivity contribution >= 4 is 11.6 Å². The summed E-state index contributed by atoms with van der Waals surface area (Å²) in [5, 5.41) is 6.19. The van der Waals surface area contributed by atoms with Crippen LogP contribution in [0.3, 0.4) is 0 Å². The van der Waals surface area contributed by atoms with Gasteiger partial charge in [0.15, 0.2) is 0 Å². The molecule has 2 N–H and O–H groups in total. The summed E-state index contributed by atoms with van der Waals surface area (Å²) in [6.45, 7) is 7.09. The second kappa shape index (κ2) is 4.26. The second-order valence-electron chi connectivity index (χ2n) is 4.45. The molecule has 0 saturated heterocycles. The van der Waals surface area contributed by atoms with E-state index >= 15 is 0 Å². The summed E-state index contributed by atoms with van der Waals surface area (Å²) in [7, 11) is 0. The van der Waals surface area contributed by atoms with E-state index in [0.717, 1.165) is 17.8 Å². The van der Waals surface area contributed by atoms with Gasteiger partial charge in [0, 0.05) is 11.3 Å². The van der Waals surface area contributed by atoms with Gasteiger partial charge in [0.25, 0.3) is 0 Å². The fourth-order valence-corrected chi connectivity index (χ4v) is 2.20. The average molecular weight is 218 g/mol. The molecular formula is C13H18N2O. The lowest BCUT2D eigenvalue weighted by Crippen LogP contribution is -2.27. The number of amides is 1. The number of carbonyl (C=O) groups excluding carboxylic acids is 1. The zero-order valence-corrected chi connectivity index (χ0v) is 10.0. The first-order valence-corrected chi connectivity index (χ1v) is 5.82. The summed E-state index contributed by atoms with van der Waals surface area (Å²) in [4.78, 5) is 11.8. The quantitative estimate of drug-likeness (QED) is 0.818. The lowest BCUT2D eigenvalue weighted by Gasteiger charge is -2.12. The van der Waals surface area contributed by atoms with E-state index < -0.39 is 0 Å². The van der Waals surface area contributed by atoms with Crippen LogP contribution in [0.4, 0.5) is 5.69 Å². The van der Waals surface area contributed by atoms with Crippen LogP contribution < -0.4 is 10.6 Å². The van der Waals surface area contributed by atoms with Crippen molar-refractivity contribution in [1.29, 1.82) is 0 Å². The lowest BCUT2D eigenvalue weighted by atomic mass is 9.97. The Balaban J connectivity index is 2.44. The fourth-order valence-electron chi connectivity index (χ4n) is 2.20. The number of anilines is 1. The second-order valence-corrected chi connectivity index (χ2v) is 4.45. The van der Waals surface area contributed by atoms with Gasteiger partial charge in [-0.3, -0.25) is 4.79 Å². The minimum atomic E-state index is -0.182. The molecule has 16 heavy (non-hydrogen) atoms. The summed E-state index contributed by atoms with van der Waals surface area (Å²) < 4.78 is 0. The number of fused-ring (bicyclic) bond motifs is 1. The van der Waals surface area contributed by atoms with E-state index in [0.29, 0.717) is 5.92 Å². The minimum Gasteiger partial charge on any atom is -0.324 e. The van der Waals surface area contributed by atoms with Crippen molar-refractivity contribution in [1.82, 2.24) is 5.32 Å². The lowest BCUT2D eigenvalue weighted by molar-refractivity contribution is -0.117. The topological polar surface area (TPSA) is 41.1 Å². The summed E-state index contributed by atoms with van der Waals surface area (Å²) in [5.41, 5.74) is 3.30. The molecule has 0 saturated carbocycles. The van der Waals surface area contributed by atoms with Gasteiger partial charge in [0.2, 0.25) is 5.91 Å². The van der Waals surface area contributed by atoms with E-state index in [1.807, 2.05) is 19.1 Å². The number of benzene rings is 1. The van der Waals surface area contributed by atoms with Crippen molar-refractivity contribution in [3.05, 3.63) is 29.3 Å². The maximum atomic E-state index is 11.8. The molecule has 2 rings (SSSR count). The largest absolute Gasteiger partial charge is 0.324 e. The van der Waals surface area contributed by atoms with Crippen LogP contribution in [-0.2, 0) is 4.79 Å². The number of likely N-dealkylation sites (N-methyl/N-ethyl adjacent to an activating group) is 1. The highest BCUT2D eigenvalue weighted by atomic mass is 16.2. The van der Waals surface area contributed by atoms with Crippen LogP contribution in [0.1, 0.15) is 43.9 Å². The third-order valence-corrected chi connectivity index (χ3v) is 2.98. The molecule has 1 unspecified atom stereocenters. The van der Waals surface area contributed by atoms with E-state index in [4.69, 9.17) is 0 Å². The molecule has 0 radical (unpaired) electrons. The van der Waals surface area contributed by atoms with Gasteiger partial charge in [-0.15, -0.1) is 0 Å². The van der Waals surface area contributed by atoms with E-state index in [2.05, 4.69) is 30.5 Å². The predicted octanol–water partition coefficient (Wildman–Crippen LogP) is 2.41. The van der Waals surface area contributed by atoms with Crippen molar-refractivity contribution in [2.75, 3.05) is 11.9 Å². The van der Waals surface area contributed by atoms with Gasteiger partial charge in [-0.2, -0.15) is 0 Å². The number of carbonyl (C=O) groups is 1. The zero-order chi connectivity index (χ0) is 11.7. The van der Waals surface area contributed by atoms with Crippen LogP contribution in [0.5, 0.6) is 0 Å². The Bertz CT molecular complexity index is 412. The first-order chi connectivity index (χ1) is 7.65. The highest BCUT2D eigenvalue weighted by Gasteiger charge is 2.31. The van der Waals surface area contributed by atoms with E-state index in [-0.39, 0.29) is 11.9 Å². The Labute approximate surface area is 96.2 Å². The number of hydrogen-bond donors (Lipinski definition) is 2. The van der Waals surface area contributed by atoms with Crippen LogP contribution >= 0.6 is 0 Å². The van der Waals surface area contributed by atoms with Gasteiger partial charge in [0.05, 0.1) is 0 Å². The highest BCUT2D eigenvalue weighted by Crippen LogP contribution is 2.36. The molecule has 1 aliphatic rings. The van der Waals surface area contributed by atoms with E-state index in [1.54, 1.807) is 0 Å². The molecule has 0 fully saturated rings. The molecular weight excluding hydrogens is 200 g/mol. The highest BCUT2D eigenvalue weighted by molar-refractivity contribution is 6.03. The van der Waals surface area contributed by atoms with Crippen LogP contribution in [0.2, 0.25) is 0 Å². The standard InChI is InChI=1S/C13H18N2O/c1-4-14-12-10-7-5-6-9(8(2)3)11(10)15-13(12)16/h5-8,12,14H,4H2,1-3H3,(H,15,16). The molecule has 1 aromatic carbocycles. The van der Waals surface area contributed by atoms with Gasteiger partial charge < -0.3 is 10.6 Å². The number of rotatable bonds is 3. The third-order valence-electron chi connectivity index (χ3n) is 2.98. The molecule has 1 aromatic rings. The smallest absolute Gasteiger partial charge is 0.246 e. The van der Waals surface area contributed by atoms with E-state index in [1.165, 1.54) is 5.56 Å². The molecule has 86 valence electrons. The van der Waals surface area contributed by atoms with Crippen molar-refractivity contribution in [2.45, 2.75) is 32.7 Å².